The smallest absolute Gasteiger partial charge is 0.0649 e. The zero-order valence-electron chi connectivity index (χ0n) is 12.3. The quantitative estimate of drug-likeness (QED) is 0.889. The summed E-state index contributed by atoms with van der Waals surface area (Å²) in [6, 6.07) is 8.52. The standard InChI is InChI=1S/C16H23N3/c1-5-17-10-14-11-18-19(16(14)12(2)3)15-8-6-13(4)7-9-15/h6-9,11-12,17H,5,10H2,1-4H3. The Morgan fingerprint density at radius 1 is 1.21 bits per heavy atom. The maximum Gasteiger partial charge on any atom is 0.0649 e. The Morgan fingerprint density at radius 2 is 1.89 bits per heavy atom. The first-order valence-corrected chi connectivity index (χ1v) is 6.98. The number of hydrogen-bond acceptors (Lipinski definition) is 2. The first-order valence-electron chi connectivity index (χ1n) is 6.98. The van der Waals surface area contributed by atoms with Gasteiger partial charge in [-0.15, -0.1) is 0 Å². The second-order valence-corrected chi connectivity index (χ2v) is 5.24. The lowest BCUT2D eigenvalue weighted by Gasteiger charge is -2.13. The van der Waals surface area contributed by atoms with Crippen molar-refractivity contribution in [3.8, 4) is 5.69 Å². The fourth-order valence-corrected chi connectivity index (χ4v) is 2.29. The molecule has 0 spiro atoms. The van der Waals surface area contributed by atoms with Crippen molar-refractivity contribution in [1.82, 2.24) is 15.1 Å². The minimum atomic E-state index is 0.456. The van der Waals surface area contributed by atoms with Crippen molar-refractivity contribution >= 4 is 0 Å². The van der Waals surface area contributed by atoms with Crippen molar-refractivity contribution in [2.75, 3.05) is 6.54 Å². The van der Waals surface area contributed by atoms with Gasteiger partial charge in [-0.25, -0.2) is 4.68 Å². The average molecular weight is 257 g/mol. The van der Waals surface area contributed by atoms with Crippen molar-refractivity contribution < 1.29 is 0 Å². The highest BCUT2D eigenvalue weighted by atomic mass is 15.3. The number of aromatic nitrogens is 2. The molecule has 0 aliphatic rings. The van der Waals surface area contributed by atoms with Gasteiger partial charge in [0.25, 0.3) is 0 Å². The minimum absolute atomic E-state index is 0.456. The molecule has 0 aliphatic carbocycles. The van der Waals surface area contributed by atoms with Crippen molar-refractivity contribution in [2.24, 2.45) is 0 Å². The van der Waals surface area contributed by atoms with Gasteiger partial charge in [0.2, 0.25) is 0 Å². The van der Waals surface area contributed by atoms with Crippen LogP contribution in [0.4, 0.5) is 0 Å². The highest BCUT2D eigenvalue weighted by Gasteiger charge is 2.14. The number of aryl methyl sites for hydroxylation is 1. The lowest BCUT2D eigenvalue weighted by molar-refractivity contribution is 0.689. The second kappa shape index (κ2) is 6.02. The van der Waals surface area contributed by atoms with E-state index in [2.05, 4.69) is 67.1 Å². The van der Waals surface area contributed by atoms with Crippen molar-refractivity contribution in [3.63, 3.8) is 0 Å². The molecule has 0 fully saturated rings. The van der Waals surface area contributed by atoms with Crippen molar-refractivity contribution in [3.05, 3.63) is 47.3 Å². The van der Waals surface area contributed by atoms with E-state index >= 15 is 0 Å². The van der Waals surface area contributed by atoms with Crippen LogP contribution in [0.15, 0.2) is 30.5 Å². The topological polar surface area (TPSA) is 29.9 Å². The Labute approximate surface area is 115 Å². The molecule has 0 aliphatic heterocycles. The van der Waals surface area contributed by atoms with Crippen LogP contribution in [0.2, 0.25) is 0 Å². The molecule has 0 atom stereocenters. The van der Waals surface area contributed by atoms with E-state index in [0.29, 0.717) is 5.92 Å². The SMILES string of the molecule is CCNCc1cnn(-c2ccc(C)cc2)c1C(C)C. The summed E-state index contributed by atoms with van der Waals surface area (Å²) in [6.07, 6.45) is 1.98. The molecule has 0 unspecified atom stereocenters. The molecule has 0 bridgehead atoms. The van der Waals surface area contributed by atoms with E-state index in [4.69, 9.17) is 0 Å². The molecule has 1 N–H and O–H groups in total. The van der Waals surface area contributed by atoms with Crippen LogP contribution in [0.1, 0.15) is 43.5 Å². The molecule has 2 aromatic rings. The highest BCUT2D eigenvalue weighted by Crippen LogP contribution is 2.23. The van der Waals surface area contributed by atoms with Crippen molar-refractivity contribution in [1.29, 1.82) is 0 Å². The molecule has 0 saturated heterocycles. The molecule has 19 heavy (non-hydrogen) atoms. The summed E-state index contributed by atoms with van der Waals surface area (Å²) in [4.78, 5) is 0. The molecular weight excluding hydrogens is 234 g/mol. The summed E-state index contributed by atoms with van der Waals surface area (Å²) in [5.74, 6) is 0.456. The number of nitrogens with zero attached hydrogens (tertiary/aromatic N) is 2. The van der Waals surface area contributed by atoms with E-state index in [1.807, 2.05) is 6.20 Å². The number of rotatable bonds is 5. The van der Waals surface area contributed by atoms with Crippen LogP contribution in [0, 0.1) is 6.92 Å². The van der Waals surface area contributed by atoms with E-state index in [1.54, 1.807) is 0 Å². The third-order valence-electron chi connectivity index (χ3n) is 3.28. The second-order valence-electron chi connectivity index (χ2n) is 5.24. The maximum absolute atomic E-state index is 4.57. The molecule has 0 amide bonds. The van der Waals surface area contributed by atoms with Crippen LogP contribution in [0.3, 0.4) is 0 Å². The Bertz CT molecular complexity index is 523. The van der Waals surface area contributed by atoms with Gasteiger partial charge in [0.15, 0.2) is 0 Å². The van der Waals surface area contributed by atoms with E-state index in [0.717, 1.165) is 18.8 Å². The van der Waals surface area contributed by atoms with Crippen LogP contribution in [-0.2, 0) is 6.54 Å². The van der Waals surface area contributed by atoms with Crippen LogP contribution in [-0.4, -0.2) is 16.3 Å². The molecule has 1 heterocycles. The highest BCUT2D eigenvalue weighted by molar-refractivity contribution is 5.38. The molecule has 3 nitrogen and oxygen atoms in total. The first kappa shape index (κ1) is 13.8. The predicted octanol–water partition coefficient (Wildman–Crippen LogP) is 3.41. The van der Waals surface area contributed by atoms with E-state index in [-0.39, 0.29) is 0 Å². The summed E-state index contributed by atoms with van der Waals surface area (Å²) in [5, 5.41) is 7.95. The average Bonchev–Trinajstić information content (AvgIpc) is 2.81. The lowest BCUT2D eigenvalue weighted by atomic mass is 10.1. The van der Waals surface area contributed by atoms with Crippen LogP contribution < -0.4 is 5.32 Å². The van der Waals surface area contributed by atoms with Crippen molar-refractivity contribution in [2.45, 2.75) is 40.2 Å². The summed E-state index contributed by atoms with van der Waals surface area (Å²) in [6.45, 7) is 10.5. The third-order valence-corrected chi connectivity index (χ3v) is 3.28. The number of benzene rings is 1. The molecular formula is C16H23N3. The van der Waals surface area contributed by atoms with Gasteiger partial charge >= 0.3 is 0 Å². The van der Waals surface area contributed by atoms with E-state index in [9.17, 15) is 0 Å². The first-order chi connectivity index (χ1) is 9.13. The number of nitrogens with one attached hydrogen (secondary N) is 1. The largest absolute Gasteiger partial charge is 0.313 e. The Morgan fingerprint density at radius 3 is 2.47 bits per heavy atom. The zero-order valence-corrected chi connectivity index (χ0v) is 12.3. The molecule has 0 radical (unpaired) electrons. The lowest BCUT2D eigenvalue weighted by Crippen LogP contribution is -2.14. The maximum atomic E-state index is 4.57. The fourth-order valence-electron chi connectivity index (χ4n) is 2.29. The monoisotopic (exact) mass is 257 g/mol. The zero-order chi connectivity index (χ0) is 13.8. The Balaban J connectivity index is 2.39. The summed E-state index contributed by atoms with van der Waals surface area (Å²) >= 11 is 0. The van der Waals surface area contributed by atoms with Gasteiger partial charge in [0.05, 0.1) is 17.6 Å². The predicted molar refractivity (Wildman–Crippen MR) is 79.8 cm³/mol. The summed E-state index contributed by atoms with van der Waals surface area (Å²) < 4.78 is 2.07. The van der Waals surface area contributed by atoms with Gasteiger partial charge < -0.3 is 5.32 Å². The van der Waals surface area contributed by atoms with Crippen LogP contribution in [0.5, 0.6) is 0 Å². The Kier molecular flexibility index (Phi) is 4.38. The van der Waals surface area contributed by atoms with E-state index < -0.39 is 0 Å². The van der Waals surface area contributed by atoms with Crippen LogP contribution >= 0.6 is 0 Å². The van der Waals surface area contributed by atoms with Gasteiger partial charge in [-0.3, -0.25) is 0 Å². The van der Waals surface area contributed by atoms with Gasteiger partial charge in [-0.05, 0) is 31.5 Å². The molecule has 2 rings (SSSR count). The molecule has 102 valence electrons. The van der Waals surface area contributed by atoms with Gasteiger partial charge in [-0.2, -0.15) is 5.10 Å². The molecule has 1 aromatic carbocycles. The normalized spacial score (nSPS) is 11.2. The summed E-state index contributed by atoms with van der Waals surface area (Å²) in [5.41, 5.74) is 4.99. The van der Waals surface area contributed by atoms with Gasteiger partial charge in [0, 0.05) is 12.1 Å². The summed E-state index contributed by atoms with van der Waals surface area (Å²) in [7, 11) is 0. The Hall–Kier alpha value is -1.61. The third kappa shape index (κ3) is 3.04. The van der Waals surface area contributed by atoms with Crippen LogP contribution in [0.25, 0.3) is 5.69 Å². The van der Waals surface area contributed by atoms with Gasteiger partial charge in [0.1, 0.15) is 0 Å². The molecule has 3 heteroatoms. The fraction of sp³-hybridized carbons (Fsp3) is 0.438. The van der Waals surface area contributed by atoms with E-state index in [1.165, 1.54) is 16.8 Å². The molecule has 0 saturated carbocycles. The molecule has 1 aromatic heterocycles. The van der Waals surface area contributed by atoms with Gasteiger partial charge in [-0.1, -0.05) is 38.5 Å². The minimum Gasteiger partial charge on any atom is -0.313 e. The number of hydrogen-bond donors (Lipinski definition) is 1.